The van der Waals surface area contributed by atoms with Crippen molar-refractivity contribution in [1.29, 1.82) is 0 Å². The van der Waals surface area contributed by atoms with Gasteiger partial charge < -0.3 is 24.2 Å². The average molecular weight is 597 g/mol. The van der Waals surface area contributed by atoms with Crippen molar-refractivity contribution >= 4 is 5.97 Å². The van der Waals surface area contributed by atoms with Crippen LogP contribution in [0.3, 0.4) is 0 Å². The van der Waals surface area contributed by atoms with Crippen LogP contribution in [0.2, 0.25) is 0 Å². The second kappa shape index (κ2) is 13.2. The lowest BCUT2D eigenvalue weighted by atomic mass is 9.94. The Labute approximate surface area is 258 Å². The van der Waals surface area contributed by atoms with Crippen molar-refractivity contribution in [2.45, 2.75) is 59.2 Å². The predicted octanol–water partition coefficient (Wildman–Crippen LogP) is 5.81. The van der Waals surface area contributed by atoms with E-state index in [0.29, 0.717) is 30.8 Å². The number of pyridine rings is 1. The molecule has 0 saturated carbocycles. The Bertz CT molecular complexity index is 1640. The highest BCUT2D eigenvalue weighted by molar-refractivity contribution is 5.90. The predicted molar refractivity (Wildman–Crippen MR) is 168 cm³/mol. The Hall–Kier alpha value is -4.21. The Kier molecular flexibility index (Phi) is 8.95. The fourth-order valence-corrected chi connectivity index (χ4v) is 6.33. The Morgan fingerprint density at radius 3 is 2.70 bits per heavy atom. The number of carbonyl (C=O) groups is 1. The lowest BCUT2D eigenvalue weighted by molar-refractivity contribution is 0.0692. The van der Waals surface area contributed by atoms with Crippen molar-refractivity contribution in [1.82, 2.24) is 19.7 Å². The molecule has 4 aromatic rings. The van der Waals surface area contributed by atoms with Gasteiger partial charge >= 0.3 is 5.97 Å². The molecule has 0 radical (unpaired) electrons. The van der Waals surface area contributed by atoms with Gasteiger partial charge in [0.2, 0.25) is 5.88 Å². The molecule has 2 aromatic carbocycles. The summed E-state index contributed by atoms with van der Waals surface area (Å²) < 4.78 is 19.5. The SMILES string of the molecule is CCOc1c(C(=O)O)cnn1-c1cccc(-c2cccc(C)c2OCc2ccc3c(c2C)CCN(C[C@@H]2CCCO2)CC3)n1. The molecule has 0 unspecified atom stereocenters. The largest absolute Gasteiger partial charge is 0.488 e. The lowest BCUT2D eigenvalue weighted by Gasteiger charge is -2.23. The van der Waals surface area contributed by atoms with E-state index >= 15 is 0 Å². The third kappa shape index (κ3) is 6.21. The maximum Gasteiger partial charge on any atom is 0.342 e. The van der Waals surface area contributed by atoms with E-state index in [0.717, 1.165) is 56.0 Å². The quantitative estimate of drug-likeness (QED) is 0.245. The first-order valence-corrected chi connectivity index (χ1v) is 15.5. The number of hydrogen-bond donors (Lipinski definition) is 1. The number of nitrogens with zero attached hydrogens (tertiary/aromatic N) is 4. The van der Waals surface area contributed by atoms with Gasteiger partial charge in [-0.15, -0.1) is 0 Å². The van der Waals surface area contributed by atoms with Crippen molar-refractivity contribution in [3.63, 3.8) is 0 Å². The van der Waals surface area contributed by atoms with Crippen molar-refractivity contribution in [3.8, 4) is 28.7 Å². The summed E-state index contributed by atoms with van der Waals surface area (Å²) in [6.07, 6.45) is 6.12. The molecule has 2 aliphatic rings. The minimum atomic E-state index is -1.10. The number of hydrogen-bond acceptors (Lipinski definition) is 7. The summed E-state index contributed by atoms with van der Waals surface area (Å²) in [5, 5.41) is 13.9. The zero-order valence-electron chi connectivity index (χ0n) is 25.7. The third-order valence-electron chi connectivity index (χ3n) is 8.72. The molecule has 1 atom stereocenters. The van der Waals surface area contributed by atoms with Gasteiger partial charge in [0.15, 0.2) is 5.82 Å². The monoisotopic (exact) mass is 596 g/mol. The number of ether oxygens (including phenoxy) is 3. The topological polar surface area (TPSA) is 98.9 Å². The fraction of sp³-hybridized carbons (Fsp3) is 0.400. The first-order chi connectivity index (χ1) is 21.4. The van der Waals surface area contributed by atoms with Crippen LogP contribution in [0.25, 0.3) is 17.1 Å². The molecular formula is C35H40N4O5. The van der Waals surface area contributed by atoms with Crippen LogP contribution in [-0.4, -0.2) is 69.7 Å². The van der Waals surface area contributed by atoms with Gasteiger partial charge in [-0.25, -0.2) is 9.78 Å². The van der Waals surface area contributed by atoms with E-state index in [4.69, 9.17) is 19.2 Å². The van der Waals surface area contributed by atoms with Gasteiger partial charge in [-0.2, -0.15) is 9.78 Å². The molecule has 6 rings (SSSR count). The van der Waals surface area contributed by atoms with Gasteiger partial charge in [0.05, 0.1) is 24.6 Å². The van der Waals surface area contributed by atoms with Crippen molar-refractivity contribution < 1.29 is 24.1 Å². The van der Waals surface area contributed by atoms with Crippen molar-refractivity contribution in [3.05, 3.63) is 88.1 Å². The van der Waals surface area contributed by atoms with Crippen LogP contribution in [-0.2, 0) is 24.2 Å². The van der Waals surface area contributed by atoms with E-state index in [-0.39, 0.29) is 11.4 Å². The highest BCUT2D eigenvalue weighted by Gasteiger charge is 2.23. The first kappa shape index (κ1) is 29.8. The standard InChI is InChI=1S/C35H40N4O5/c1-4-42-34-30(35(40)41)20-36-39(34)32-12-6-11-31(37-32)29-10-5-8-23(2)33(29)44-22-26-14-13-25-15-17-38(18-16-28(25)24(26)3)21-27-9-7-19-43-27/h5-6,8,10-14,20,27H,4,7,9,15-19,21-22H2,1-3H3,(H,40,41)/t27-/m0/s1. The smallest absolute Gasteiger partial charge is 0.342 e. The number of carboxylic acid groups (broad SMARTS) is 1. The highest BCUT2D eigenvalue weighted by Crippen LogP contribution is 2.34. The van der Waals surface area contributed by atoms with E-state index in [1.807, 2.05) is 37.3 Å². The van der Waals surface area contributed by atoms with Crippen molar-refractivity contribution in [2.24, 2.45) is 0 Å². The summed E-state index contributed by atoms with van der Waals surface area (Å²) in [5.74, 6) is 0.278. The van der Waals surface area contributed by atoms with Crippen LogP contribution in [0.5, 0.6) is 11.6 Å². The Morgan fingerprint density at radius 2 is 1.91 bits per heavy atom. The molecule has 0 amide bonds. The molecular weight excluding hydrogens is 556 g/mol. The third-order valence-corrected chi connectivity index (χ3v) is 8.72. The second-order valence-corrected chi connectivity index (χ2v) is 11.6. The zero-order chi connectivity index (χ0) is 30.6. The van der Waals surface area contributed by atoms with Crippen LogP contribution >= 0.6 is 0 Å². The number of rotatable bonds is 10. The number of fused-ring (bicyclic) bond motifs is 1. The number of aromatic carboxylic acids is 1. The van der Waals surface area contributed by atoms with Gasteiger partial charge in [-0.3, -0.25) is 0 Å². The van der Waals surface area contributed by atoms with Crippen LogP contribution < -0.4 is 9.47 Å². The van der Waals surface area contributed by atoms with Gasteiger partial charge in [0, 0.05) is 31.8 Å². The van der Waals surface area contributed by atoms with Crippen LogP contribution in [0.1, 0.15) is 57.9 Å². The van der Waals surface area contributed by atoms with Crippen LogP contribution in [0, 0.1) is 13.8 Å². The molecule has 2 aromatic heterocycles. The molecule has 9 heteroatoms. The molecule has 0 spiro atoms. The molecule has 1 saturated heterocycles. The van der Waals surface area contributed by atoms with Crippen LogP contribution in [0.15, 0.2) is 54.7 Å². The molecule has 1 N–H and O–H groups in total. The molecule has 4 heterocycles. The van der Waals surface area contributed by atoms with Crippen LogP contribution in [0.4, 0.5) is 0 Å². The number of para-hydroxylation sites is 1. The minimum Gasteiger partial charge on any atom is -0.488 e. The Balaban J connectivity index is 1.23. The van der Waals surface area contributed by atoms with Gasteiger partial charge in [0.25, 0.3) is 0 Å². The van der Waals surface area contributed by atoms with E-state index in [2.05, 4.69) is 29.1 Å². The van der Waals surface area contributed by atoms with Gasteiger partial charge in [0.1, 0.15) is 17.9 Å². The maximum absolute atomic E-state index is 11.7. The van der Waals surface area contributed by atoms with Gasteiger partial charge in [-0.05, 0) is 92.5 Å². The summed E-state index contributed by atoms with van der Waals surface area (Å²) in [6.45, 7) is 10.9. The molecule has 9 nitrogen and oxygen atoms in total. The zero-order valence-corrected chi connectivity index (χ0v) is 25.7. The molecule has 2 aliphatic heterocycles. The number of aryl methyl sites for hydroxylation is 1. The molecule has 44 heavy (non-hydrogen) atoms. The van der Waals surface area contributed by atoms with E-state index < -0.39 is 5.97 Å². The maximum atomic E-state index is 11.7. The second-order valence-electron chi connectivity index (χ2n) is 11.6. The Morgan fingerprint density at radius 1 is 1.07 bits per heavy atom. The van der Waals surface area contributed by atoms with Gasteiger partial charge in [-0.1, -0.05) is 30.3 Å². The highest BCUT2D eigenvalue weighted by atomic mass is 16.5. The average Bonchev–Trinajstić information content (AvgIpc) is 3.64. The van der Waals surface area contributed by atoms with E-state index in [1.165, 1.54) is 46.0 Å². The summed E-state index contributed by atoms with van der Waals surface area (Å²) in [6, 6.07) is 16.1. The number of benzene rings is 2. The molecule has 0 aliphatic carbocycles. The summed E-state index contributed by atoms with van der Waals surface area (Å²) in [5.41, 5.74) is 7.94. The minimum absolute atomic E-state index is 0.00899. The van der Waals surface area contributed by atoms with E-state index in [1.54, 1.807) is 13.0 Å². The fourth-order valence-electron chi connectivity index (χ4n) is 6.33. The molecule has 230 valence electrons. The lowest BCUT2D eigenvalue weighted by Crippen LogP contribution is -2.34. The van der Waals surface area contributed by atoms with E-state index in [9.17, 15) is 9.90 Å². The summed E-state index contributed by atoms with van der Waals surface area (Å²) in [4.78, 5) is 19.1. The molecule has 1 fully saturated rings. The normalized spacial score (nSPS) is 16.8. The first-order valence-electron chi connectivity index (χ1n) is 15.5. The summed E-state index contributed by atoms with van der Waals surface area (Å²) in [7, 11) is 0. The number of aromatic nitrogens is 3. The number of carboxylic acids is 1. The molecule has 0 bridgehead atoms. The van der Waals surface area contributed by atoms with Crippen molar-refractivity contribution in [2.75, 3.05) is 32.8 Å². The summed E-state index contributed by atoms with van der Waals surface area (Å²) >= 11 is 0.